The summed E-state index contributed by atoms with van der Waals surface area (Å²) in [6.07, 6.45) is 0. The van der Waals surface area contributed by atoms with Crippen LogP contribution in [-0.2, 0) is 14.3 Å². The highest BCUT2D eigenvalue weighted by Crippen LogP contribution is 2.29. The average molecular weight is 408 g/mol. The number of benzene rings is 2. The molecule has 1 N–H and O–H groups in total. The molecule has 2 aromatic rings. The number of halogens is 1. The van der Waals surface area contributed by atoms with Crippen molar-refractivity contribution in [2.45, 2.75) is 13.8 Å². The lowest BCUT2D eigenvalue weighted by molar-refractivity contribution is -0.149. The molecule has 0 aliphatic rings. The normalized spacial score (nSPS) is 10.2. The van der Waals surface area contributed by atoms with Gasteiger partial charge in [-0.05, 0) is 49.2 Å². The first-order valence-electron chi connectivity index (χ1n) is 8.41. The Morgan fingerprint density at radius 3 is 2.29 bits per heavy atom. The third-order valence-corrected chi connectivity index (χ3v) is 4.02. The summed E-state index contributed by atoms with van der Waals surface area (Å²) < 4.78 is 20.7. The second-order valence-corrected chi connectivity index (χ2v) is 6.37. The minimum atomic E-state index is -0.661. The Bertz CT molecular complexity index is 845. The van der Waals surface area contributed by atoms with Crippen LogP contribution >= 0.6 is 11.6 Å². The maximum Gasteiger partial charge on any atom is 0.344 e. The maximum atomic E-state index is 12.0. The molecule has 0 fully saturated rings. The molecule has 0 spiro atoms. The first kappa shape index (κ1) is 21.4. The number of ether oxygens (including phenoxy) is 4. The Balaban J connectivity index is 1.85. The minimum absolute atomic E-state index is 0.317. The first-order valence-corrected chi connectivity index (χ1v) is 8.79. The standard InChI is InChI=1S/C20H22ClNO6/c1-12-7-14(21)8-13(2)20(12)28-11-19(24)27-10-18(23)22-16-6-5-15(25-3)9-17(16)26-4/h5-9H,10-11H2,1-4H3,(H,22,23). The van der Waals surface area contributed by atoms with Crippen molar-refractivity contribution < 1.29 is 28.5 Å². The lowest BCUT2D eigenvalue weighted by Crippen LogP contribution is -2.24. The van der Waals surface area contributed by atoms with Gasteiger partial charge in [0.15, 0.2) is 13.2 Å². The summed E-state index contributed by atoms with van der Waals surface area (Å²) in [5.74, 6) is 0.414. The van der Waals surface area contributed by atoms with Crippen LogP contribution in [0.2, 0.25) is 5.02 Å². The Hall–Kier alpha value is -2.93. The van der Waals surface area contributed by atoms with Gasteiger partial charge in [-0.2, -0.15) is 0 Å². The Kier molecular flexibility index (Phi) is 7.52. The van der Waals surface area contributed by atoms with E-state index in [1.54, 1.807) is 30.3 Å². The van der Waals surface area contributed by atoms with Gasteiger partial charge < -0.3 is 24.3 Å². The summed E-state index contributed by atoms with van der Waals surface area (Å²) in [5, 5.41) is 3.21. The fraction of sp³-hybridized carbons (Fsp3) is 0.300. The van der Waals surface area contributed by atoms with Crippen molar-refractivity contribution in [1.29, 1.82) is 0 Å². The van der Waals surface area contributed by atoms with Crippen molar-refractivity contribution in [1.82, 2.24) is 0 Å². The van der Waals surface area contributed by atoms with Crippen LogP contribution in [0.3, 0.4) is 0 Å². The lowest BCUT2D eigenvalue weighted by Gasteiger charge is -2.13. The van der Waals surface area contributed by atoms with Gasteiger partial charge >= 0.3 is 5.97 Å². The van der Waals surface area contributed by atoms with E-state index in [0.29, 0.717) is 28.0 Å². The summed E-state index contributed by atoms with van der Waals surface area (Å²) in [5.41, 5.74) is 2.05. The van der Waals surface area contributed by atoms with E-state index in [1.165, 1.54) is 14.2 Å². The molecule has 0 unspecified atom stereocenters. The van der Waals surface area contributed by atoms with Gasteiger partial charge in [-0.1, -0.05) is 11.6 Å². The van der Waals surface area contributed by atoms with Gasteiger partial charge in [0.2, 0.25) is 0 Å². The van der Waals surface area contributed by atoms with Crippen molar-refractivity contribution in [3.8, 4) is 17.2 Å². The van der Waals surface area contributed by atoms with Crippen LogP contribution in [0, 0.1) is 13.8 Å². The van der Waals surface area contributed by atoms with Gasteiger partial charge in [0.1, 0.15) is 17.2 Å². The van der Waals surface area contributed by atoms with Gasteiger partial charge in [0, 0.05) is 11.1 Å². The molecule has 150 valence electrons. The van der Waals surface area contributed by atoms with E-state index < -0.39 is 18.5 Å². The highest BCUT2D eigenvalue weighted by molar-refractivity contribution is 6.30. The molecule has 7 nitrogen and oxygen atoms in total. The van der Waals surface area contributed by atoms with E-state index >= 15 is 0 Å². The number of hydrogen-bond acceptors (Lipinski definition) is 6. The summed E-state index contributed by atoms with van der Waals surface area (Å²) in [6, 6.07) is 8.42. The second-order valence-electron chi connectivity index (χ2n) is 5.93. The highest BCUT2D eigenvalue weighted by atomic mass is 35.5. The number of aryl methyl sites for hydroxylation is 2. The van der Waals surface area contributed by atoms with Crippen LogP contribution in [0.1, 0.15) is 11.1 Å². The van der Waals surface area contributed by atoms with Crippen molar-refractivity contribution in [2.24, 2.45) is 0 Å². The van der Waals surface area contributed by atoms with E-state index in [4.69, 9.17) is 30.5 Å². The molecule has 0 heterocycles. The molecule has 0 saturated carbocycles. The van der Waals surface area contributed by atoms with Crippen LogP contribution in [0.5, 0.6) is 17.2 Å². The second kappa shape index (κ2) is 9.85. The summed E-state index contributed by atoms with van der Waals surface area (Å²) in [7, 11) is 3.00. The maximum absolute atomic E-state index is 12.0. The van der Waals surface area contributed by atoms with Crippen LogP contribution in [-0.4, -0.2) is 39.3 Å². The fourth-order valence-corrected chi connectivity index (χ4v) is 2.86. The van der Waals surface area contributed by atoms with Crippen LogP contribution in [0.25, 0.3) is 0 Å². The van der Waals surface area contributed by atoms with Gasteiger partial charge in [-0.15, -0.1) is 0 Å². The largest absolute Gasteiger partial charge is 0.497 e. The topological polar surface area (TPSA) is 83.1 Å². The van der Waals surface area contributed by atoms with E-state index in [2.05, 4.69) is 5.32 Å². The summed E-state index contributed by atoms with van der Waals surface area (Å²) >= 11 is 5.97. The number of methoxy groups -OCH3 is 2. The SMILES string of the molecule is COc1ccc(NC(=O)COC(=O)COc2c(C)cc(Cl)cc2C)c(OC)c1. The number of rotatable bonds is 8. The molecule has 1 amide bonds. The number of hydrogen-bond donors (Lipinski definition) is 1. The molecule has 2 aromatic carbocycles. The van der Waals surface area contributed by atoms with Crippen molar-refractivity contribution >= 4 is 29.2 Å². The fourth-order valence-electron chi connectivity index (χ4n) is 2.53. The molecular formula is C20H22ClNO6. The van der Waals surface area contributed by atoms with Gasteiger partial charge in [0.05, 0.1) is 19.9 Å². The number of amides is 1. The third kappa shape index (κ3) is 5.79. The van der Waals surface area contributed by atoms with Crippen molar-refractivity contribution in [3.63, 3.8) is 0 Å². The molecule has 0 saturated heterocycles. The lowest BCUT2D eigenvalue weighted by atomic mass is 10.1. The predicted molar refractivity (Wildman–Crippen MR) is 106 cm³/mol. The van der Waals surface area contributed by atoms with Gasteiger partial charge in [-0.3, -0.25) is 4.79 Å². The number of nitrogens with one attached hydrogen (secondary N) is 1. The van der Waals surface area contributed by atoms with Gasteiger partial charge in [-0.25, -0.2) is 4.79 Å². The molecule has 0 aromatic heterocycles. The Morgan fingerprint density at radius 2 is 1.68 bits per heavy atom. The molecule has 28 heavy (non-hydrogen) atoms. The third-order valence-electron chi connectivity index (χ3n) is 3.81. The minimum Gasteiger partial charge on any atom is -0.497 e. The molecule has 8 heteroatoms. The van der Waals surface area contributed by atoms with Crippen LogP contribution in [0.15, 0.2) is 30.3 Å². The van der Waals surface area contributed by atoms with E-state index in [-0.39, 0.29) is 6.61 Å². The number of carbonyl (C=O) groups is 2. The zero-order valence-corrected chi connectivity index (χ0v) is 16.9. The van der Waals surface area contributed by atoms with Crippen LogP contribution in [0.4, 0.5) is 5.69 Å². The number of esters is 1. The van der Waals surface area contributed by atoms with Crippen LogP contribution < -0.4 is 19.5 Å². The predicted octanol–water partition coefficient (Wildman–Crippen LogP) is 3.53. The molecule has 0 aliphatic carbocycles. The smallest absolute Gasteiger partial charge is 0.344 e. The summed E-state index contributed by atoms with van der Waals surface area (Å²) in [4.78, 5) is 23.9. The average Bonchev–Trinajstić information content (AvgIpc) is 2.65. The van der Waals surface area contributed by atoms with E-state index in [9.17, 15) is 9.59 Å². The molecular weight excluding hydrogens is 386 g/mol. The molecule has 2 rings (SSSR count). The number of carbonyl (C=O) groups excluding carboxylic acids is 2. The highest BCUT2D eigenvalue weighted by Gasteiger charge is 2.13. The Morgan fingerprint density at radius 1 is 1.00 bits per heavy atom. The zero-order chi connectivity index (χ0) is 20.7. The van der Waals surface area contributed by atoms with E-state index in [0.717, 1.165) is 11.1 Å². The summed E-state index contributed by atoms with van der Waals surface area (Å²) in [6.45, 7) is 2.89. The molecule has 0 atom stereocenters. The van der Waals surface area contributed by atoms with E-state index in [1.807, 2.05) is 13.8 Å². The molecule has 0 aliphatic heterocycles. The molecule has 0 bridgehead atoms. The Labute approximate surface area is 168 Å². The zero-order valence-electron chi connectivity index (χ0n) is 16.1. The van der Waals surface area contributed by atoms with Gasteiger partial charge in [0.25, 0.3) is 5.91 Å². The quantitative estimate of drug-likeness (QED) is 0.674. The number of anilines is 1. The van der Waals surface area contributed by atoms with Crippen molar-refractivity contribution in [2.75, 3.05) is 32.8 Å². The first-order chi connectivity index (χ1) is 13.3. The monoisotopic (exact) mass is 407 g/mol. The van der Waals surface area contributed by atoms with Crippen molar-refractivity contribution in [3.05, 3.63) is 46.5 Å². The molecule has 0 radical (unpaired) electrons.